The van der Waals surface area contributed by atoms with Gasteiger partial charge in [0, 0.05) is 32.2 Å². The predicted molar refractivity (Wildman–Crippen MR) is 121 cm³/mol. The van der Waals surface area contributed by atoms with Gasteiger partial charge in [-0.3, -0.25) is 4.79 Å². The molecule has 0 saturated carbocycles. The number of benzene rings is 2. The van der Waals surface area contributed by atoms with E-state index < -0.39 is 0 Å². The average Bonchev–Trinajstić information content (AvgIpc) is 2.81. The van der Waals surface area contributed by atoms with Crippen molar-refractivity contribution >= 4 is 5.91 Å². The lowest BCUT2D eigenvalue weighted by molar-refractivity contribution is 0.0683. The van der Waals surface area contributed by atoms with Gasteiger partial charge in [0.25, 0.3) is 5.91 Å². The number of hydrogen-bond donors (Lipinski definition) is 0. The first-order valence-electron chi connectivity index (χ1n) is 11.6. The van der Waals surface area contributed by atoms with Gasteiger partial charge in [-0.15, -0.1) is 0 Å². The Kier molecular flexibility index (Phi) is 7.23. The average molecular weight is 425 g/mol. The molecule has 5 heteroatoms. The normalized spacial score (nSPS) is 19.2. The van der Waals surface area contributed by atoms with E-state index in [-0.39, 0.29) is 17.8 Å². The minimum Gasteiger partial charge on any atom is -0.489 e. The van der Waals surface area contributed by atoms with Crippen molar-refractivity contribution < 1.29 is 13.9 Å². The number of amides is 1. The Morgan fingerprint density at radius 2 is 1.68 bits per heavy atom. The largest absolute Gasteiger partial charge is 0.489 e. The van der Waals surface area contributed by atoms with Crippen molar-refractivity contribution in [3.63, 3.8) is 0 Å². The maximum Gasteiger partial charge on any atom is 0.257 e. The molecule has 2 aromatic carbocycles. The van der Waals surface area contributed by atoms with Crippen LogP contribution in [0.15, 0.2) is 48.5 Å². The van der Waals surface area contributed by atoms with Crippen LogP contribution in [0.2, 0.25) is 0 Å². The third kappa shape index (κ3) is 5.65. The highest BCUT2D eigenvalue weighted by Gasteiger charge is 2.26. The van der Waals surface area contributed by atoms with Crippen LogP contribution in [-0.2, 0) is 6.42 Å². The van der Waals surface area contributed by atoms with Gasteiger partial charge in [-0.25, -0.2) is 4.39 Å². The molecule has 2 saturated heterocycles. The zero-order valence-corrected chi connectivity index (χ0v) is 18.4. The number of carbonyl (C=O) groups excluding carboxylic acids is 1. The molecule has 1 atom stereocenters. The van der Waals surface area contributed by atoms with E-state index in [1.54, 1.807) is 0 Å². The quantitative estimate of drug-likeness (QED) is 0.659. The van der Waals surface area contributed by atoms with Gasteiger partial charge in [0.1, 0.15) is 17.7 Å². The van der Waals surface area contributed by atoms with Crippen LogP contribution in [0, 0.1) is 5.82 Å². The minimum absolute atomic E-state index is 0.0978. The van der Waals surface area contributed by atoms with E-state index in [2.05, 4.69) is 11.8 Å². The van der Waals surface area contributed by atoms with E-state index in [0.717, 1.165) is 69.6 Å². The molecular weight excluding hydrogens is 391 g/mol. The number of nitrogens with zero attached hydrogens (tertiary/aromatic N) is 2. The molecule has 4 nitrogen and oxygen atoms in total. The van der Waals surface area contributed by atoms with Gasteiger partial charge >= 0.3 is 0 Å². The maximum absolute atomic E-state index is 13.1. The summed E-state index contributed by atoms with van der Waals surface area (Å²) in [5.41, 5.74) is 1.86. The first kappa shape index (κ1) is 21.8. The molecule has 166 valence electrons. The third-order valence-electron chi connectivity index (χ3n) is 6.60. The molecule has 0 unspecified atom stereocenters. The van der Waals surface area contributed by atoms with Gasteiger partial charge in [-0.1, -0.05) is 24.3 Å². The highest BCUT2D eigenvalue weighted by molar-refractivity contribution is 5.97. The lowest BCUT2D eigenvalue weighted by Gasteiger charge is -2.36. The zero-order chi connectivity index (χ0) is 21.6. The second kappa shape index (κ2) is 10.3. The molecule has 2 heterocycles. The fourth-order valence-electron chi connectivity index (χ4n) is 4.72. The van der Waals surface area contributed by atoms with Gasteiger partial charge in [0.05, 0.1) is 5.56 Å². The SMILES string of the molecule is C[C@H](Cc1ccc(F)cc1)N1CCC(Oc2ccccc2C(=O)N2CCCCC2)CC1. The molecule has 0 aromatic heterocycles. The first-order chi connectivity index (χ1) is 15.1. The predicted octanol–water partition coefficient (Wildman–Crippen LogP) is 4.93. The molecule has 0 radical (unpaired) electrons. The van der Waals surface area contributed by atoms with Crippen molar-refractivity contribution in [3.05, 3.63) is 65.5 Å². The summed E-state index contributed by atoms with van der Waals surface area (Å²) in [6.07, 6.45) is 6.32. The zero-order valence-electron chi connectivity index (χ0n) is 18.4. The fourth-order valence-corrected chi connectivity index (χ4v) is 4.72. The van der Waals surface area contributed by atoms with Crippen molar-refractivity contribution in [2.24, 2.45) is 0 Å². The van der Waals surface area contributed by atoms with Crippen molar-refractivity contribution in [2.45, 2.75) is 57.6 Å². The Balaban J connectivity index is 1.32. The van der Waals surface area contributed by atoms with E-state index in [1.165, 1.54) is 18.6 Å². The Morgan fingerprint density at radius 1 is 1.00 bits per heavy atom. The van der Waals surface area contributed by atoms with Crippen LogP contribution >= 0.6 is 0 Å². The van der Waals surface area contributed by atoms with E-state index in [9.17, 15) is 9.18 Å². The van der Waals surface area contributed by atoms with Crippen LogP contribution in [0.4, 0.5) is 4.39 Å². The molecule has 2 aromatic rings. The summed E-state index contributed by atoms with van der Waals surface area (Å²) in [5.74, 6) is 0.630. The summed E-state index contributed by atoms with van der Waals surface area (Å²) >= 11 is 0. The fraction of sp³-hybridized carbons (Fsp3) is 0.500. The summed E-state index contributed by atoms with van der Waals surface area (Å²) < 4.78 is 19.5. The van der Waals surface area contributed by atoms with Crippen molar-refractivity contribution in [1.82, 2.24) is 9.80 Å². The molecule has 2 aliphatic heterocycles. The Hall–Kier alpha value is -2.40. The molecule has 0 N–H and O–H groups in total. The molecule has 2 aliphatic rings. The summed E-state index contributed by atoms with van der Waals surface area (Å²) in [6.45, 7) is 5.86. The molecular formula is C26H33FN2O2. The van der Waals surface area contributed by atoms with Crippen LogP contribution in [0.1, 0.15) is 54.9 Å². The number of carbonyl (C=O) groups is 1. The van der Waals surface area contributed by atoms with Gasteiger partial charge in [-0.05, 0) is 75.3 Å². The topological polar surface area (TPSA) is 32.8 Å². The summed E-state index contributed by atoms with van der Waals surface area (Å²) in [7, 11) is 0. The van der Waals surface area contributed by atoms with E-state index in [1.807, 2.05) is 41.3 Å². The highest BCUT2D eigenvalue weighted by atomic mass is 19.1. The standard InChI is InChI=1S/C26H33FN2O2/c1-20(19-21-9-11-22(27)12-10-21)28-17-13-23(14-18-28)31-25-8-4-3-7-24(25)26(30)29-15-5-2-6-16-29/h3-4,7-12,20,23H,2,5-6,13-19H2,1H3/t20-/m1/s1. The number of para-hydroxylation sites is 1. The molecule has 1 amide bonds. The minimum atomic E-state index is -0.187. The van der Waals surface area contributed by atoms with Gasteiger partial charge in [0.2, 0.25) is 0 Å². The molecule has 0 spiro atoms. The second-order valence-corrected chi connectivity index (χ2v) is 8.88. The van der Waals surface area contributed by atoms with Crippen LogP contribution < -0.4 is 4.74 Å². The summed E-state index contributed by atoms with van der Waals surface area (Å²) in [5, 5.41) is 0. The van der Waals surface area contributed by atoms with Crippen molar-refractivity contribution in [1.29, 1.82) is 0 Å². The number of likely N-dealkylation sites (tertiary alicyclic amines) is 2. The molecule has 4 rings (SSSR count). The molecule has 31 heavy (non-hydrogen) atoms. The van der Waals surface area contributed by atoms with E-state index >= 15 is 0 Å². The van der Waals surface area contributed by atoms with Gasteiger partial charge in [0.15, 0.2) is 0 Å². The Bertz CT molecular complexity index is 856. The third-order valence-corrected chi connectivity index (χ3v) is 6.60. The Morgan fingerprint density at radius 3 is 2.39 bits per heavy atom. The Labute approximate surface area is 185 Å². The number of rotatable bonds is 6. The van der Waals surface area contributed by atoms with Gasteiger partial charge in [-0.2, -0.15) is 0 Å². The lowest BCUT2D eigenvalue weighted by atomic mass is 10.0. The highest BCUT2D eigenvalue weighted by Crippen LogP contribution is 2.26. The monoisotopic (exact) mass is 424 g/mol. The molecule has 0 bridgehead atoms. The number of hydrogen-bond acceptors (Lipinski definition) is 3. The first-order valence-corrected chi connectivity index (χ1v) is 11.6. The maximum atomic E-state index is 13.1. The van der Waals surface area contributed by atoms with Crippen molar-refractivity contribution in [3.8, 4) is 5.75 Å². The smallest absolute Gasteiger partial charge is 0.257 e. The second-order valence-electron chi connectivity index (χ2n) is 8.88. The number of piperidine rings is 2. The van der Waals surface area contributed by atoms with Crippen LogP contribution in [-0.4, -0.2) is 54.0 Å². The molecule has 0 aliphatic carbocycles. The van der Waals surface area contributed by atoms with Crippen molar-refractivity contribution in [2.75, 3.05) is 26.2 Å². The lowest BCUT2D eigenvalue weighted by Crippen LogP contribution is -2.44. The molecule has 2 fully saturated rings. The van der Waals surface area contributed by atoms with Gasteiger partial charge < -0.3 is 14.5 Å². The number of ether oxygens (including phenoxy) is 1. The van der Waals surface area contributed by atoms with E-state index in [0.29, 0.717) is 11.6 Å². The summed E-state index contributed by atoms with van der Waals surface area (Å²) in [6, 6.07) is 14.9. The number of halogens is 1. The summed E-state index contributed by atoms with van der Waals surface area (Å²) in [4.78, 5) is 17.5. The van der Waals surface area contributed by atoms with Crippen LogP contribution in [0.5, 0.6) is 5.75 Å². The van der Waals surface area contributed by atoms with Crippen LogP contribution in [0.3, 0.4) is 0 Å². The van der Waals surface area contributed by atoms with Crippen LogP contribution in [0.25, 0.3) is 0 Å². The van der Waals surface area contributed by atoms with E-state index in [4.69, 9.17) is 4.74 Å².